The van der Waals surface area contributed by atoms with Crippen LogP contribution < -0.4 is 10.9 Å². The third-order valence-corrected chi connectivity index (χ3v) is 4.24. The van der Waals surface area contributed by atoms with Crippen LogP contribution in [0.5, 0.6) is 0 Å². The standard InChI is InChI=1S/C21H16ClFN2O2/c22-18-7-3-1-6-16(18)13-25-14-17(10-12-21(25)27)24-20(26)11-9-15-5-2-4-8-19(15)23/h1-12,14H,13H2,(H,24,26). The number of amides is 1. The van der Waals surface area contributed by atoms with Crippen LogP contribution in [0.25, 0.3) is 6.08 Å². The maximum absolute atomic E-state index is 13.6. The summed E-state index contributed by atoms with van der Waals surface area (Å²) < 4.78 is 15.0. The Morgan fingerprint density at radius 2 is 1.81 bits per heavy atom. The molecule has 1 aromatic heterocycles. The average molecular weight is 383 g/mol. The molecule has 27 heavy (non-hydrogen) atoms. The second-order valence-corrected chi connectivity index (χ2v) is 6.23. The van der Waals surface area contributed by atoms with Gasteiger partial charge in [-0.1, -0.05) is 48.0 Å². The molecular weight excluding hydrogens is 367 g/mol. The number of aromatic nitrogens is 1. The number of carbonyl (C=O) groups is 1. The minimum Gasteiger partial charge on any atom is -0.321 e. The lowest BCUT2D eigenvalue weighted by atomic mass is 10.2. The maximum Gasteiger partial charge on any atom is 0.250 e. The molecule has 0 radical (unpaired) electrons. The van der Waals surface area contributed by atoms with Gasteiger partial charge in [0.2, 0.25) is 5.91 Å². The van der Waals surface area contributed by atoms with Crippen LogP contribution in [0.1, 0.15) is 11.1 Å². The number of rotatable bonds is 5. The fourth-order valence-electron chi connectivity index (χ4n) is 2.50. The molecule has 0 unspecified atom stereocenters. The Kier molecular flexibility index (Phi) is 5.84. The largest absolute Gasteiger partial charge is 0.321 e. The molecule has 0 spiro atoms. The van der Waals surface area contributed by atoms with Crippen LogP contribution in [0.4, 0.5) is 10.1 Å². The number of anilines is 1. The zero-order valence-corrected chi connectivity index (χ0v) is 15.0. The van der Waals surface area contributed by atoms with Crippen molar-refractivity contribution in [1.29, 1.82) is 0 Å². The van der Waals surface area contributed by atoms with Crippen molar-refractivity contribution >= 4 is 29.3 Å². The van der Waals surface area contributed by atoms with Crippen LogP contribution in [0.3, 0.4) is 0 Å². The van der Waals surface area contributed by atoms with E-state index in [1.165, 1.54) is 34.9 Å². The average Bonchev–Trinajstić information content (AvgIpc) is 2.65. The van der Waals surface area contributed by atoms with E-state index in [-0.39, 0.29) is 12.1 Å². The smallest absolute Gasteiger partial charge is 0.250 e. The zero-order valence-electron chi connectivity index (χ0n) is 14.2. The van der Waals surface area contributed by atoms with E-state index >= 15 is 0 Å². The normalized spacial score (nSPS) is 10.9. The zero-order chi connectivity index (χ0) is 19.2. The summed E-state index contributed by atoms with van der Waals surface area (Å²) in [7, 11) is 0. The van der Waals surface area contributed by atoms with E-state index < -0.39 is 11.7 Å². The van der Waals surface area contributed by atoms with Crippen molar-refractivity contribution in [2.24, 2.45) is 0 Å². The first-order valence-corrected chi connectivity index (χ1v) is 8.58. The molecule has 1 N–H and O–H groups in total. The van der Waals surface area contributed by atoms with Crippen LogP contribution in [0.2, 0.25) is 5.02 Å². The minimum atomic E-state index is -0.429. The number of halogens is 2. The van der Waals surface area contributed by atoms with Crippen molar-refractivity contribution < 1.29 is 9.18 Å². The number of hydrogen-bond donors (Lipinski definition) is 1. The second kappa shape index (κ2) is 8.47. The number of carbonyl (C=O) groups excluding carboxylic acids is 1. The molecule has 0 fully saturated rings. The van der Waals surface area contributed by atoms with Crippen LogP contribution in [0, 0.1) is 5.82 Å². The summed E-state index contributed by atoms with van der Waals surface area (Å²) in [4.78, 5) is 24.1. The predicted molar refractivity (Wildman–Crippen MR) is 105 cm³/mol. The molecule has 3 aromatic rings. The second-order valence-electron chi connectivity index (χ2n) is 5.82. The molecule has 1 heterocycles. The molecule has 0 atom stereocenters. The molecule has 6 heteroatoms. The van der Waals surface area contributed by atoms with Crippen LogP contribution in [-0.4, -0.2) is 10.5 Å². The molecule has 4 nitrogen and oxygen atoms in total. The molecule has 2 aromatic carbocycles. The molecule has 136 valence electrons. The molecule has 0 saturated heterocycles. The van der Waals surface area contributed by atoms with E-state index in [0.29, 0.717) is 16.3 Å². The Morgan fingerprint density at radius 3 is 2.59 bits per heavy atom. The Hall–Kier alpha value is -3.18. The van der Waals surface area contributed by atoms with Gasteiger partial charge in [-0.15, -0.1) is 0 Å². The summed E-state index contributed by atoms with van der Waals surface area (Å²) in [5.74, 6) is -0.837. The fraction of sp³-hybridized carbons (Fsp3) is 0.0476. The maximum atomic E-state index is 13.6. The molecule has 0 bridgehead atoms. The molecule has 3 rings (SSSR count). The minimum absolute atomic E-state index is 0.213. The van der Waals surface area contributed by atoms with Crippen LogP contribution in [-0.2, 0) is 11.3 Å². The quantitative estimate of drug-likeness (QED) is 0.667. The van der Waals surface area contributed by atoms with Crippen LogP contribution >= 0.6 is 11.6 Å². The van der Waals surface area contributed by atoms with Gasteiger partial charge < -0.3 is 9.88 Å². The highest BCUT2D eigenvalue weighted by Crippen LogP contribution is 2.16. The third-order valence-electron chi connectivity index (χ3n) is 3.87. The third kappa shape index (κ3) is 4.92. The van der Waals surface area contributed by atoms with Gasteiger partial charge in [-0.3, -0.25) is 9.59 Å². The van der Waals surface area contributed by atoms with Crippen molar-refractivity contribution in [3.63, 3.8) is 0 Å². The van der Waals surface area contributed by atoms with Gasteiger partial charge in [0.25, 0.3) is 5.56 Å². The number of pyridine rings is 1. The Morgan fingerprint density at radius 1 is 1.07 bits per heavy atom. The van der Waals surface area contributed by atoms with Crippen molar-refractivity contribution in [3.05, 3.63) is 105 Å². The first kappa shape index (κ1) is 18.6. The molecule has 1 amide bonds. The highest BCUT2D eigenvalue weighted by Gasteiger charge is 2.05. The molecule has 0 aliphatic carbocycles. The number of hydrogen-bond acceptors (Lipinski definition) is 2. The van der Waals surface area contributed by atoms with E-state index in [0.717, 1.165) is 5.56 Å². The van der Waals surface area contributed by atoms with Gasteiger partial charge in [-0.2, -0.15) is 0 Å². The summed E-state index contributed by atoms with van der Waals surface area (Å²) in [5.41, 5.74) is 1.35. The highest BCUT2D eigenvalue weighted by atomic mass is 35.5. The van der Waals surface area contributed by atoms with Crippen molar-refractivity contribution in [2.45, 2.75) is 6.54 Å². The topological polar surface area (TPSA) is 51.1 Å². The number of nitrogens with zero attached hydrogens (tertiary/aromatic N) is 1. The lowest BCUT2D eigenvalue weighted by Crippen LogP contribution is -2.20. The molecule has 0 saturated carbocycles. The Labute approximate surface area is 160 Å². The number of nitrogens with one attached hydrogen (secondary N) is 1. The van der Waals surface area contributed by atoms with Gasteiger partial charge in [0, 0.05) is 28.9 Å². The van der Waals surface area contributed by atoms with Gasteiger partial charge in [0.1, 0.15) is 5.82 Å². The monoisotopic (exact) mass is 382 g/mol. The van der Waals surface area contributed by atoms with Crippen molar-refractivity contribution in [2.75, 3.05) is 5.32 Å². The Bertz CT molecular complexity index is 1060. The van der Waals surface area contributed by atoms with E-state index in [4.69, 9.17) is 11.6 Å². The van der Waals surface area contributed by atoms with E-state index in [1.807, 2.05) is 18.2 Å². The SMILES string of the molecule is O=C(C=Cc1ccccc1F)Nc1ccc(=O)n(Cc2ccccc2Cl)c1. The van der Waals surface area contributed by atoms with Gasteiger partial charge in [0.05, 0.1) is 12.2 Å². The van der Waals surface area contributed by atoms with Gasteiger partial charge in [0.15, 0.2) is 0 Å². The van der Waals surface area contributed by atoms with Gasteiger partial charge in [-0.25, -0.2) is 4.39 Å². The molecule has 0 aliphatic heterocycles. The summed E-state index contributed by atoms with van der Waals surface area (Å²) in [6.45, 7) is 0.285. The summed E-state index contributed by atoms with van der Waals surface area (Å²) >= 11 is 6.14. The number of benzene rings is 2. The lowest BCUT2D eigenvalue weighted by Gasteiger charge is -2.10. The van der Waals surface area contributed by atoms with Crippen molar-refractivity contribution in [1.82, 2.24) is 4.57 Å². The van der Waals surface area contributed by atoms with Gasteiger partial charge >= 0.3 is 0 Å². The van der Waals surface area contributed by atoms with E-state index in [2.05, 4.69) is 5.32 Å². The first-order valence-electron chi connectivity index (χ1n) is 8.20. The predicted octanol–water partition coefficient (Wildman–Crippen LogP) is 4.34. The summed E-state index contributed by atoms with van der Waals surface area (Å²) in [6.07, 6.45) is 4.17. The van der Waals surface area contributed by atoms with Crippen LogP contribution in [0.15, 0.2) is 77.7 Å². The Balaban J connectivity index is 1.74. The first-order chi connectivity index (χ1) is 13.0. The van der Waals surface area contributed by atoms with Gasteiger partial charge in [-0.05, 0) is 29.8 Å². The fourth-order valence-corrected chi connectivity index (χ4v) is 2.69. The molecule has 0 aliphatic rings. The van der Waals surface area contributed by atoms with E-state index in [9.17, 15) is 14.0 Å². The van der Waals surface area contributed by atoms with Crippen molar-refractivity contribution in [3.8, 4) is 0 Å². The summed E-state index contributed by atoms with van der Waals surface area (Å²) in [5, 5.41) is 3.22. The highest BCUT2D eigenvalue weighted by molar-refractivity contribution is 6.31. The summed E-state index contributed by atoms with van der Waals surface area (Å²) in [6, 6.07) is 16.3. The van der Waals surface area contributed by atoms with E-state index in [1.54, 1.807) is 30.5 Å². The molecular formula is C21H16ClFN2O2. The lowest BCUT2D eigenvalue weighted by molar-refractivity contribution is -0.111.